The minimum atomic E-state index is -0.970. The second kappa shape index (κ2) is 4.49. The van der Waals surface area contributed by atoms with Gasteiger partial charge < -0.3 is 4.74 Å². The van der Waals surface area contributed by atoms with Crippen molar-refractivity contribution in [1.29, 1.82) is 0 Å². The van der Waals surface area contributed by atoms with Gasteiger partial charge in [0.15, 0.2) is 11.6 Å². The number of carbonyl (C=O) groups excluding carboxylic acids is 1. The fourth-order valence-electron chi connectivity index (χ4n) is 1.24. The van der Waals surface area contributed by atoms with E-state index in [-0.39, 0.29) is 11.3 Å². The topological polar surface area (TPSA) is 39.2 Å². The molecule has 0 aliphatic carbocycles. The molecule has 0 amide bonds. The maximum atomic E-state index is 13.3. The average molecular weight is 211 g/mol. The summed E-state index contributed by atoms with van der Waals surface area (Å²) in [6.07, 6.45) is 2.91. The first-order chi connectivity index (χ1) is 7.05. The number of carbonyl (C=O) groups is 1. The smallest absolute Gasteiger partial charge is 0.197 e. The Bertz CT molecular complexity index is 361. The highest BCUT2D eigenvalue weighted by molar-refractivity contribution is 6.02. The van der Waals surface area contributed by atoms with Gasteiger partial charge in [-0.05, 0) is 19.4 Å². The van der Waals surface area contributed by atoms with Gasteiger partial charge in [-0.1, -0.05) is 6.92 Å². The van der Waals surface area contributed by atoms with Crippen LogP contribution in [0, 0.1) is 5.82 Å². The summed E-state index contributed by atoms with van der Waals surface area (Å²) < 4.78 is 18.4. The van der Waals surface area contributed by atoms with E-state index in [4.69, 9.17) is 4.74 Å². The summed E-state index contributed by atoms with van der Waals surface area (Å²) in [5.74, 6) is -0.966. The molecule has 1 unspecified atom stereocenters. The number of pyridine rings is 1. The molecule has 0 bridgehead atoms. The van der Waals surface area contributed by atoms with Gasteiger partial charge in [-0.3, -0.25) is 9.78 Å². The zero-order valence-electron chi connectivity index (χ0n) is 9.08. The van der Waals surface area contributed by atoms with Crippen molar-refractivity contribution < 1.29 is 13.9 Å². The molecule has 0 fully saturated rings. The first kappa shape index (κ1) is 11.8. The van der Waals surface area contributed by atoms with E-state index in [1.54, 1.807) is 6.92 Å². The third-order valence-corrected chi connectivity index (χ3v) is 2.62. The summed E-state index contributed by atoms with van der Waals surface area (Å²) in [6.45, 7) is 3.47. The van der Waals surface area contributed by atoms with Crippen LogP contribution in [-0.4, -0.2) is 23.5 Å². The number of nitrogens with zero attached hydrogens (tertiary/aromatic N) is 1. The summed E-state index contributed by atoms with van der Waals surface area (Å²) in [4.78, 5) is 15.5. The van der Waals surface area contributed by atoms with E-state index in [1.165, 1.54) is 19.4 Å². The van der Waals surface area contributed by atoms with Crippen LogP contribution in [0.25, 0.3) is 0 Å². The Morgan fingerprint density at radius 3 is 2.80 bits per heavy atom. The fourth-order valence-corrected chi connectivity index (χ4v) is 1.24. The average Bonchev–Trinajstić information content (AvgIpc) is 2.28. The Kier molecular flexibility index (Phi) is 3.52. The molecule has 1 rings (SSSR count). The van der Waals surface area contributed by atoms with Gasteiger partial charge in [-0.25, -0.2) is 4.39 Å². The van der Waals surface area contributed by atoms with E-state index >= 15 is 0 Å². The lowest BCUT2D eigenvalue weighted by molar-refractivity contribution is 0.0102. The first-order valence-corrected chi connectivity index (χ1v) is 4.74. The molecule has 1 aromatic rings. The summed E-state index contributed by atoms with van der Waals surface area (Å²) in [5, 5.41) is 0. The SMILES string of the molecule is CCC(C)(OC)C(=O)c1ccncc1F. The molecular weight excluding hydrogens is 197 g/mol. The van der Waals surface area contributed by atoms with Gasteiger partial charge in [-0.15, -0.1) is 0 Å². The van der Waals surface area contributed by atoms with Crippen LogP contribution >= 0.6 is 0 Å². The Morgan fingerprint density at radius 1 is 1.67 bits per heavy atom. The maximum Gasteiger partial charge on any atom is 0.197 e. The molecule has 0 aliphatic rings. The zero-order valence-corrected chi connectivity index (χ0v) is 9.08. The molecule has 0 radical (unpaired) electrons. The Labute approximate surface area is 88.3 Å². The van der Waals surface area contributed by atoms with Crippen molar-refractivity contribution in [2.75, 3.05) is 7.11 Å². The van der Waals surface area contributed by atoms with Crippen molar-refractivity contribution in [2.45, 2.75) is 25.9 Å². The molecule has 15 heavy (non-hydrogen) atoms. The second-order valence-electron chi connectivity index (χ2n) is 3.47. The molecule has 1 atom stereocenters. The van der Waals surface area contributed by atoms with Crippen LogP contribution in [0.4, 0.5) is 4.39 Å². The highest BCUT2D eigenvalue weighted by Gasteiger charge is 2.33. The number of Topliss-reactive ketones (excluding diaryl/α,β-unsaturated/α-hetero) is 1. The number of rotatable bonds is 4. The van der Waals surface area contributed by atoms with Crippen molar-refractivity contribution >= 4 is 5.78 Å². The molecule has 1 heterocycles. The van der Waals surface area contributed by atoms with Crippen molar-refractivity contribution in [3.05, 3.63) is 29.8 Å². The van der Waals surface area contributed by atoms with Gasteiger partial charge in [0, 0.05) is 13.3 Å². The third kappa shape index (κ3) is 2.21. The predicted molar refractivity (Wildman–Crippen MR) is 54.2 cm³/mol. The van der Waals surface area contributed by atoms with Gasteiger partial charge in [0.1, 0.15) is 5.60 Å². The van der Waals surface area contributed by atoms with E-state index in [1.807, 2.05) is 6.92 Å². The number of ether oxygens (including phenoxy) is 1. The molecule has 3 nitrogen and oxygen atoms in total. The van der Waals surface area contributed by atoms with Gasteiger partial charge >= 0.3 is 0 Å². The number of hydrogen-bond acceptors (Lipinski definition) is 3. The summed E-state index contributed by atoms with van der Waals surface area (Å²) in [5.41, 5.74) is -0.946. The van der Waals surface area contributed by atoms with E-state index in [0.29, 0.717) is 6.42 Å². The van der Waals surface area contributed by atoms with Crippen LogP contribution < -0.4 is 0 Å². The lowest BCUT2D eigenvalue weighted by atomic mass is 9.92. The van der Waals surface area contributed by atoms with Gasteiger partial charge in [0.05, 0.1) is 11.8 Å². The van der Waals surface area contributed by atoms with Crippen molar-refractivity contribution in [3.63, 3.8) is 0 Å². The zero-order chi connectivity index (χ0) is 11.5. The largest absolute Gasteiger partial charge is 0.370 e. The van der Waals surface area contributed by atoms with Crippen LogP contribution in [0.2, 0.25) is 0 Å². The van der Waals surface area contributed by atoms with Crippen LogP contribution in [0.5, 0.6) is 0 Å². The Balaban J connectivity index is 3.09. The Hall–Kier alpha value is -1.29. The van der Waals surface area contributed by atoms with E-state index < -0.39 is 11.4 Å². The van der Waals surface area contributed by atoms with Crippen LogP contribution in [0.3, 0.4) is 0 Å². The van der Waals surface area contributed by atoms with Crippen LogP contribution in [0.1, 0.15) is 30.6 Å². The first-order valence-electron chi connectivity index (χ1n) is 4.74. The highest BCUT2D eigenvalue weighted by atomic mass is 19.1. The molecule has 0 spiro atoms. The maximum absolute atomic E-state index is 13.3. The van der Waals surface area contributed by atoms with Gasteiger partial charge in [0.25, 0.3) is 0 Å². The fraction of sp³-hybridized carbons (Fsp3) is 0.455. The summed E-state index contributed by atoms with van der Waals surface area (Å²) in [7, 11) is 1.44. The monoisotopic (exact) mass is 211 g/mol. The van der Waals surface area contributed by atoms with Crippen LogP contribution in [-0.2, 0) is 4.74 Å². The molecule has 0 saturated heterocycles. The molecule has 0 aliphatic heterocycles. The summed E-state index contributed by atoms with van der Waals surface area (Å²) >= 11 is 0. The summed E-state index contributed by atoms with van der Waals surface area (Å²) in [6, 6.07) is 1.37. The van der Waals surface area contributed by atoms with Gasteiger partial charge in [0.2, 0.25) is 0 Å². The second-order valence-corrected chi connectivity index (χ2v) is 3.47. The number of methoxy groups -OCH3 is 1. The lowest BCUT2D eigenvalue weighted by Crippen LogP contribution is -2.37. The van der Waals surface area contributed by atoms with Crippen molar-refractivity contribution in [3.8, 4) is 0 Å². The quantitative estimate of drug-likeness (QED) is 0.717. The molecular formula is C11H14FNO2. The molecule has 0 saturated carbocycles. The Morgan fingerprint density at radius 2 is 2.33 bits per heavy atom. The standard InChI is InChI=1S/C11H14FNO2/c1-4-11(2,15-3)10(14)8-5-6-13-7-9(8)12/h5-7H,4H2,1-3H3. The number of hydrogen-bond donors (Lipinski definition) is 0. The van der Waals surface area contributed by atoms with Gasteiger partial charge in [-0.2, -0.15) is 0 Å². The lowest BCUT2D eigenvalue weighted by Gasteiger charge is -2.24. The molecule has 0 aromatic carbocycles. The normalized spacial score (nSPS) is 14.7. The van der Waals surface area contributed by atoms with E-state index in [0.717, 1.165) is 6.20 Å². The number of halogens is 1. The molecule has 4 heteroatoms. The number of aromatic nitrogens is 1. The predicted octanol–water partition coefficient (Wildman–Crippen LogP) is 2.22. The van der Waals surface area contributed by atoms with E-state index in [9.17, 15) is 9.18 Å². The molecule has 82 valence electrons. The van der Waals surface area contributed by atoms with E-state index in [2.05, 4.69) is 4.98 Å². The molecule has 1 aromatic heterocycles. The van der Waals surface area contributed by atoms with Crippen molar-refractivity contribution in [2.24, 2.45) is 0 Å². The minimum absolute atomic E-state index is 0.0243. The third-order valence-electron chi connectivity index (χ3n) is 2.62. The minimum Gasteiger partial charge on any atom is -0.370 e. The highest BCUT2D eigenvalue weighted by Crippen LogP contribution is 2.21. The number of ketones is 1. The van der Waals surface area contributed by atoms with Crippen LogP contribution in [0.15, 0.2) is 18.5 Å². The van der Waals surface area contributed by atoms with Crippen molar-refractivity contribution in [1.82, 2.24) is 4.98 Å². The molecule has 0 N–H and O–H groups in total.